The van der Waals surface area contributed by atoms with Gasteiger partial charge in [0.15, 0.2) is 17.2 Å². The topological polar surface area (TPSA) is 55.1 Å². The first-order chi connectivity index (χ1) is 9.17. The van der Waals surface area contributed by atoms with Crippen LogP contribution in [0.25, 0.3) is 11.2 Å². The van der Waals surface area contributed by atoms with Crippen LogP contribution in [0.3, 0.4) is 0 Å². The Labute approximate surface area is 113 Å². The van der Waals surface area contributed by atoms with Gasteiger partial charge in [0, 0.05) is 19.5 Å². The molecule has 1 atom stereocenters. The molecule has 5 heteroatoms. The minimum absolute atomic E-state index is 0.381. The van der Waals surface area contributed by atoms with Crippen molar-refractivity contribution in [2.75, 3.05) is 11.4 Å². The minimum atomic E-state index is 0.381. The van der Waals surface area contributed by atoms with Crippen LogP contribution in [0.15, 0.2) is 22.9 Å². The molecule has 2 aromatic rings. The third-order valence-electron chi connectivity index (χ3n) is 3.22. The third kappa shape index (κ3) is 2.75. The van der Waals surface area contributed by atoms with Gasteiger partial charge in [-0.1, -0.05) is 19.1 Å². The van der Waals surface area contributed by atoms with E-state index in [1.807, 2.05) is 19.9 Å². The van der Waals surface area contributed by atoms with E-state index in [4.69, 9.17) is 4.42 Å². The smallest absolute Gasteiger partial charge is 0.252 e. The van der Waals surface area contributed by atoms with E-state index in [1.165, 1.54) is 6.33 Å². The molecule has 2 heterocycles. The van der Waals surface area contributed by atoms with Gasteiger partial charge in [0.05, 0.1) is 0 Å². The molecule has 2 rings (SSSR count). The second kappa shape index (κ2) is 5.82. The summed E-state index contributed by atoms with van der Waals surface area (Å²) in [4.78, 5) is 15.2. The largest absolute Gasteiger partial charge is 0.422 e. The zero-order valence-electron chi connectivity index (χ0n) is 11.9. The van der Waals surface area contributed by atoms with E-state index in [2.05, 4.69) is 39.8 Å². The van der Waals surface area contributed by atoms with Crippen LogP contribution in [0.1, 0.15) is 33.1 Å². The summed E-state index contributed by atoms with van der Waals surface area (Å²) >= 11 is 0. The van der Waals surface area contributed by atoms with Crippen molar-refractivity contribution < 1.29 is 4.42 Å². The summed E-state index contributed by atoms with van der Waals surface area (Å²) in [6, 6.07) is 0.381. The number of hydrogen-bond donors (Lipinski definition) is 0. The van der Waals surface area contributed by atoms with Gasteiger partial charge in [-0.15, -0.1) is 0 Å². The van der Waals surface area contributed by atoms with Gasteiger partial charge in [-0.25, -0.2) is 9.97 Å². The normalized spacial score (nSPS) is 13.3. The highest BCUT2D eigenvalue weighted by Crippen LogP contribution is 2.25. The molecule has 19 heavy (non-hydrogen) atoms. The summed E-state index contributed by atoms with van der Waals surface area (Å²) in [5.74, 6) is 1.46. The zero-order valence-corrected chi connectivity index (χ0v) is 11.9. The van der Waals surface area contributed by atoms with E-state index >= 15 is 0 Å². The van der Waals surface area contributed by atoms with E-state index in [-0.39, 0.29) is 0 Å². The van der Waals surface area contributed by atoms with Crippen LogP contribution in [-0.2, 0) is 0 Å². The fourth-order valence-electron chi connectivity index (χ4n) is 1.97. The van der Waals surface area contributed by atoms with Crippen LogP contribution in [0.5, 0.6) is 0 Å². The molecule has 0 saturated carbocycles. The highest BCUT2D eigenvalue weighted by Gasteiger charge is 2.19. The monoisotopic (exact) mass is 260 g/mol. The van der Waals surface area contributed by atoms with Gasteiger partial charge in [0.25, 0.3) is 5.71 Å². The van der Waals surface area contributed by atoms with E-state index in [9.17, 15) is 0 Å². The van der Waals surface area contributed by atoms with Crippen LogP contribution < -0.4 is 4.90 Å². The summed E-state index contributed by atoms with van der Waals surface area (Å²) in [5, 5.41) is 0. The average molecular weight is 260 g/mol. The predicted octanol–water partition coefficient (Wildman–Crippen LogP) is 3.11. The summed E-state index contributed by atoms with van der Waals surface area (Å²) < 4.78 is 5.47. The van der Waals surface area contributed by atoms with Crippen LogP contribution in [-0.4, -0.2) is 27.5 Å². The van der Waals surface area contributed by atoms with Crippen molar-refractivity contribution in [3.8, 4) is 0 Å². The Morgan fingerprint density at radius 3 is 2.89 bits per heavy atom. The van der Waals surface area contributed by atoms with Crippen molar-refractivity contribution in [1.29, 1.82) is 0 Å². The second-order valence-electron chi connectivity index (χ2n) is 4.56. The summed E-state index contributed by atoms with van der Waals surface area (Å²) in [6.07, 6.45) is 6.74. The quantitative estimate of drug-likeness (QED) is 0.773. The van der Waals surface area contributed by atoms with Crippen LogP contribution >= 0.6 is 0 Å². The highest BCUT2D eigenvalue weighted by atomic mass is 16.4. The lowest BCUT2D eigenvalue weighted by Crippen LogP contribution is -2.33. The zero-order chi connectivity index (χ0) is 13.8. The van der Waals surface area contributed by atoms with E-state index in [0.29, 0.717) is 17.6 Å². The Morgan fingerprint density at radius 2 is 2.21 bits per heavy atom. The number of aromatic nitrogens is 3. The Hall–Kier alpha value is -1.91. The van der Waals surface area contributed by atoms with E-state index in [0.717, 1.165) is 24.3 Å². The molecule has 0 unspecified atom stereocenters. The van der Waals surface area contributed by atoms with Gasteiger partial charge >= 0.3 is 0 Å². The standard InChI is InChI=1S/C14H20N4O/c1-5-7-8-18(10(3)6-2)13-12-14(16-9-15-13)19-11(4)17-12/h5,7,9-10H,6,8H2,1-4H3/b7-5+/t10-/m1/s1. The van der Waals surface area contributed by atoms with Crippen molar-refractivity contribution in [1.82, 2.24) is 15.0 Å². The van der Waals surface area contributed by atoms with Crippen molar-refractivity contribution in [2.24, 2.45) is 0 Å². The molecule has 5 nitrogen and oxygen atoms in total. The molecule has 0 aliphatic carbocycles. The molecule has 0 bridgehead atoms. The molecule has 102 valence electrons. The molecule has 0 radical (unpaired) electrons. The average Bonchev–Trinajstić information content (AvgIpc) is 2.79. The predicted molar refractivity (Wildman–Crippen MR) is 76.2 cm³/mol. The number of rotatable bonds is 5. The van der Waals surface area contributed by atoms with Crippen molar-refractivity contribution in [3.05, 3.63) is 24.4 Å². The molecule has 2 aromatic heterocycles. The lowest BCUT2D eigenvalue weighted by molar-refractivity contribution is 0.551. The lowest BCUT2D eigenvalue weighted by Gasteiger charge is -2.28. The van der Waals surface area contributed by atoms with Crippen molar-refractivity contribution in [3.63, 3.8) is 0 Å². The number of hydrogen-bond acceptors (Lipinski definition) is 5. The number of allylic oxidation sites excluding steroid dienone is 1. The summed E-state index contributed by atoms with van der Waals surface area (Å²) in [6.45, 7) is 9.00. The first kappa shape index (κ1) is 13.5. The maximum absolute atomic E-state index is 5.47. The Bertz CT molecular complexity index is 576. The molecule has 0 spiro atoms. The molecule has 0 aliphatic rings. The Kier molecular flexibility index (Phi) is 4.14. The first-order valence-corrected chi connectivity index (χ1v) is 6.63. The van der Waals surface area contributed by atoms with Crippen LogP contribution in [0.4, 0.5) is 5.82 Å². The fraction of sp³-hybridized carbons (Fsp3) is 0.500. The Morgan fingerprint density at radius 1 is 1.42 bits per heavy atom. The van der Waals surface area contributed by atoms with Gasteiger partial charge in [-0.3, -0.25) is 0 Å². The molecule has 0 fully saturated rings. The van der Waals surface area contributed by atoms with Gasteiger partial charge in [-0.05, 0) is 20.3 Å². The van der Waals surface area contributed by atoms with E-state index < -0.39 is 0 Å². The van der Waals surface area contributed by atoms with Gasteiger partial charge in [-0.2, -0.15) is 4.98 Å². The first-order valence-electron chi connectivity index (χ1n) is 6.63. The maximum atomic E-state index is 5.47. The van der Waals surface area contributed by atoms with Crippen LogP contribution in [0, 0.1) is 6.92 Å². The number of oxazole rings is 1. The van der Waals surface area contributed by atoms with Crippen molar-refractivity contribution >= 4 is 17.0 Å². The number of nitrogens with zero attached hydrogens (tertiary/aromatic N) is 4. The molecule has 0 saturated heterocycles. The number of aryl methyl sites for hydroxylation is 1. The molecule has 0 aliphatic heterocycles. The second-order valence-corrected chi connectivity index (χ2v) is 4.56. The molecular weight excluding hydrogens is 240 g/mol. The maximum Gasteiger partial charge on any atom is 0.252 e. The van der Waals surface area contributed by atoms with Gasteiger partial charge in [0.1, 0.15) is 6.33 Å². The lowest BCUT2D eigenvalue weighted by atomic mass is 10.2. The summed E-state index contributed by atoms with van der Waals surface area (Å²) in [7, 11) is 0. The molecule has 0 amide bonds. The van der Waals surface area contributed by atoms with Gasteiger partial charge < -0.3 is 9.32 Å². The third-order valence-corrected chi connectivity index (χ3v) is 3.22. The highest BCUT2D eigenvalue weighted by molar-refractivity contribution is 5.81. The molecule has 0 aromatic carbocycles. The van der Waals surface area contributed by atoms with Crippen molar-refractivity contribution in [2.45, 2.75) is 40.2 Å². The molecule has 0 N–H and O–H groups in total. The number of anilines is 1. The Balaban J connectivity index is 2.48. The molecular formula is C14H20N4O. The van der Waals surface area contributed by atoms with E-state index in [1.54, 1.807) is 0 Å². The number of fused-ring (bicyclic) bond motifs is 1. The van der Waals surface area contributed by atoms with Gasteiger partial charge in [0.2, 0.25) is 0 Å². The summed E-state index contributed by atoms with van der Waals surface area (Å²) in [5.41, 5.74) is 1.29. The minimum Gasteiger partial charge on any atom is -0.422 e. The SMILES string of the molecule is C/C=C/CN(c1ncnc2oc(C)nc12)[C@H](C)CC. The fourth-order valence-corrected chi connectivity index (χ4v) is 1.97. The van der Waals surface area contributed by atoms with Crippen LogP contribution in [0.2, 0.25) is 0 Å².